The summed E-state index contributed by atoms with van der Waals surface area (Å²) in [6.07, 6.45) is 5.34. The summed E-state index contributed by atoms with van der Waals surface area (Å²) in [5, 5.41) is 9.28. The molecule has 1 atom stereocenters. The smallest absolute Gasteiger partial charge is 0.317 e. The molecule has 24 heavy (non-hydrogen) atoms. The lowest BCUT2D eigenvalue weighted by Crippen LogP contribution is -2.45. The van der Waals surface area contributed by atoms with Gasteiger partial charge in [-0.05, 0) is 43.1 Å². The van der Waals surface area contributed by atoms with Crippen LogP contribution >= 0.6 is 11.3 Å². The standard InChI is InChI=1S/C16H19N5O2S/c17-16(23)21-15-12(14(22)20-11-2-1-5-19-9-11)8-13(24-15)10-3-6-18-7-4-10/h3-4,6-8,11,19H,1-2,5,9H2,(H,20,22)(H3,17,21,23). The normalized spacial score (nSPS) is 17.2. The minimum absolute atomic E-state index is 0.0944. The van der Waals surface area contributed by atoms with Gasteiger partial charge < -0.3 is 16.4 Å². The van der Waals surface area contributed by atoms with Gasteiger partial charge in [0.1, 0.15) is 5.00 Å². The maximum absolute atomic E-state index is 12.6. The number of thiophene rings is 1. The van der Waals surface area contributed by atoms with E-state index in [0.717, 1.165) is 36.4 Å². The highest BCUT2D eigenvalue weighted by atomic mass is 32.1. The number of aromatic nitrogens is 1. The molecule has 0 spiro atoms. The van der Waals surface area contributed by atoms with Crippen molar-refractivity contribution < 1.29 is 9.59 Å². The minimum Gasteiger partial charge on any atom is -0.351 e. The van der Waals surface area contributed by atoms with Crippen molar-refractivity contribution in [3.8, 4) is 10.4 Å². The summed E-state index contributed by atoms with van der Waals surface area (Å²) in [7, 11) is 0. The van der Waals surface area contributed by atoms with E-state index in [4.69, 9.17) is 5.73 Å². The Kier molecular flexibility index (Phi) is 5.07. The van der Waals surface area contributed by atoms with Crippen LogP contribution in [0.25, 0.3) is 10.4 Å². The Hall–Kier alpha value is -2.45. The predicted octanol–water partition coefficient (Wildman–Crippen LogP) is 1.78. The van der Waals surface area contributed by atoms with Crippen LogP contribution in [-0.4, -0.2) is 36.1 Å². The summed E-state index contributed by atoms with van der Waals surface area (Å²) in [5.74, 6) is -0.205. The van der Waals surface area contributed by atoms with Gasteiger partial charge in [0.15, 0.2) is 0 Å². The van der Waals surface area contributed by atoms with Gasteiger partial charge in [-0.15, -0.1) is 11.3 Å². The van der Waals surface area contributed by atoms with Crippen LogP contribution in [0.15, 0.2) is 30.6 Å². The zero-order valence-electron chi connectivity index (χ0n) is 13.0. The molecule has 1 saturated heterocycles. The Morgan fingerprint density at radius 3 is 2.79 bits per heavy atom. The Morgan fingerprint density at radius 1 is 1.33 bits per heavy atom. The van der Waals surface area contributed by atoms with Crippen molar-refractivity contribution in [1.82, 2.24) is 15.6 Å². The van der Waals surface area contributed by atoms with Gasteiger partial charge >= 0.3 is 6.03 Å². The molecule has 0 saturated carbocycles. The van der Waals surface area contributed by atoms with Crippen molar-refractivity contribution in [3.63, 3.8) is 0 Å². The molecular weight excluding hydrogens is 326 g/mol. The SMILES string of the molecule is NC(=O)Nc1sc(-c2ccncc2)cc1C(=O)NC1CCCNC1. The van der Waals surface area contributed by atoms with Crippen molar-refractivity contribution in [2.45, 2.75) is 18.9 Å². The number of carbonyl (C=O) groups is 2. The number of primary amides is 1. The van der Waals surface area contributed by atoms with Crippen LogP contribution in [0.1, 0.15) is 23.2 Å². The lowest BCUT2D eigenvalue weighted by atomic mass is 10.1. The number of hydrogen-bond donors (Lipinski definition) is 4. The molecular formula is C16H19N5O2S. The molecule has 2 aromatic rings. The van der Waals surface area contributed by atoms with Crippen LogP contribution in [0.2, 0.25) is 0 Å². The van der Waals surface area contributed by atoms with E-state index in [9.17, 15) is 9.59 Å². The van der Waals surface area contributed by atoms with E-state index in [1.807, 2.05) is 12.1 Å². The molecule has 3 heterocycles. The maximum atomic E-state index is 12.6. The van der Waals surface area contributed by atoms with Crippen LogP contribution < -0.4 is 21.7 Å². The molecule has 8 heteroatoms. The fourth-order valence-electron chi connectivity index (χ4n) is 2.66. The zero-order valence-corrected chi connectivity index (χ0v) is 13.9. The molecule has 1 unspecified atom stereocenters. The first-order chi connectivity index (χ1) is 11.6. The van der Waals surface area contributed by atoms with Crippen LogP contribution in [0.3, 0.4) is 0 Å². The summed E-state index contributed by atoms with van der Waals surface area (Å²) >= 11 is 1.32. The van der Waals surface area contributed by atoms with E-state index in [0.29, 0.717) is 10.6 Å². The number of pyridine rings is 1. The first-order valence-electron chi connectivity index (χ1n) is 7.76. The summed E-state index contributed by atoms with van der Waals surface area (Å²) in [6, 6.07) is 4.89. The number of carbonyl (C=O) groups excluding carboxylic acids is 2. The summed E-state index contributed by atoms with van der Waals surface area (Å²) in [5.41, 5.74) is 6.59. The third kappa shape index (κ3) is 3.90. The molecule has 0 aliphatic carbocycles. The lowest BCUT2D eigenvalue weighted by Gasteiger charge is -2.23. The van der Waals surface area contributed by atoms with Crippen molar-refractivity contribution >= 4 is 28.3 Å². The number of anilines is 1. The van der Waals surface area contributed by atoms with E-state index < -0.39 is 6.03 Å². The Bertz CT molecular complexity index is 725. The molecule has 3 amide bonds. The fraction of sp³-hybridized carbons (Fsp3) is 0.312. The Labute approximate surface area is 143 Å². The van der Waals surface area contributed by atoms with Crippen molar-refractivity contribution in [2.75, 3.05) is 18.4 Å². The summed E-state index contributed by atoms with van der Waals surface area (Å²) in [6.45, 7) is 1.73. The number of amides is 3. The molecule has 1 aliphatic rings. The topological polar surface area (TPSA) is 109 Å². The van der Waals surface area contributed by atoms with Crippen molar-refractivity contribution in [1.29, 1.82) is 0 Å². The monoisotopic (exact) mass is 345 g/mol. The minimum atomic E-state index is -0.688. The number of urea groups is 1. The molecule has 1 fully saturated rings. The highest BCUT2D eigenvalue weighted by molar-refractivity contribution is 7.20. The molecule has 5 N–H and O–H groups in total. The van der Waals surface area contributed by atoms with E-state index >= 15 is 0 Å². The van der Waals surface area contributed by atoms with Gasteiger partial charge in [0, 0.05) is 29.9 Å². The van der Waals surface area contributed by atoms with E-state index in [1.54, 1.807) is 18.5 Å². The average molecular weight is 345 g/mol. The molecule has 7 nitrogen and oxygen atoms in total. The molecule has 0 radical (unpaired) electrons. The second-order valence-electron chi connectivity index (χ2n) is 5.60. The van der Waals surface area contributed by atoms with E-state index in [-0.39, 0.29) is 11.9 Å². The summed E-state index contributed by atoms with van der Waals surface area (Å²) < 4.78 is 0. The van der Waals surface area contributed by atoms with Crippen molar-refractivity contribution in [2.24, 2.45) is 5.73 Å². The number of nitrogens with one attached hydrogen (secondary N) is 3. The Morgan fingerprint density at radius 2 is 2.12 bits per heavy atom. The van der Waals surface area contributed by atoms with Gasteiger partial charge in [0.25, 0.3) is 5.91 Å². The first-order valence-corrected chi connectivity index (χ1v) is 8.57. The van der Waals surface area contributed by atoms with Crippen molar-refractivity contribution in [3.05, 3.63) is 36.2 Å². The molecule has 2 aromatic heterocycles. The molecule has 126 valence electrons. The van der Waals surface area contributed by atoms with E-state index in [1.165, 1.54) is 11.3 Å². The molecule has 3 rings (SSSR count). The number of rotatable bonds is 4. The van der Waals surface area contributed by atoms with Crippen LogP contribution in [0.5, 0.6) is 0 Å². The van der Waals surface area contributed by atoms with Gasteiger partial charge in [-0.2, -0.15) is 0 Å². The number of nitrogens with two attached hydrogens (primary N) is 1. The molecule has 0 bridgehead atoms. The highest BCUT2D eigenvalue weighted by Gasteiger charge is 2.21. The fourth-order valence-corrected chi connectivity index (χ4v) is 3.72. The average Bonchev–Trinajstić information content (AvgIpc) is 3.00. The first kappa shape index (κ1) is 16.4. The van der Waals surface area contributed by atoms with E-state index in [2.05, 4.69) is 20.9 Å². The van der Waals surface area contributed by atoms with Crippen LogP contribution in [0, 0.1) is 0 Å². The highest BCUT2D eigenvalue weighted by Crippen LogP contribution is 2.35. The Balaban J connectivity index is 1.85. The second kappa shape index (κ2) is 7.41. The summed E-state index contributed by atoms with van der Waals surface area (Å²) in [4.78, 5) is 28.7. The second-order valence-corrected chi connectivity index (χ2v) is 6.65. The van der Waals surface area contributed by atoms with Gasteiger partial charge in [0.2, 0.25) is 0 Å². The van der Waals surface area contributed by atoms with Gasteiger partial charge in [-0.25, -0.2) is 4.79 Å². The van der Waals surface area contributed by atoms with Gasteiger partial charge in [-0.3, -0.25) is 15.1 Å². The number of piperidine rings is 1. The molecule has 1 aliphatic heterocycles. The third-order valence-electron chi connectivity index (χ3n) is 3.81. The quantitative estimate of drug-likeness (QED) is 0.677. The van der Waals surface area contributed by atoms with Gasteiger partial charge in [0.05, 0.1) is 5.56 Å². The third-order valence-corrected chi connectivity index (χ3v) is 4.91. The zero-order chi connectivity index (χ0) is 16.9. The van der Waals surface area contributed by atoms with Crippen LogP contribution in [-0.2, 0) is 0 Å². The van der Waals surface area contributed by atoms with Gasteiger partial charge in [-0.1, -0.05) is 0 Å². The number of nitrogens with zero attached hydrogens (tertiary/aromatic N) is 1. The number of hydrogen-bond acceptors (Lipinski definition) is 5. The molecule has 0 aromatic carbocycles. The maximum Gasteiger partial charge on any atom is 0.317 e. The lowest BCUT2D eigenvalue weighted by molar-refractivity contribution is 0.0932. The largest absolute Gasteiger partial charge is 0.351 e. The van der Waals surface area contributed by atoms with Crippen LogP contribution in [0.4, 0.5) is 9.80 Å². The predicted molar refractivity (Wildman–Crippen MR) is 94.1 cm³/mol.